The maximum absolute atomic E-state index is 13.4. The van der Waals surface area contributed by atoms with E-state index in [-0.39, 0.29) is 5.78 Å². The summed E-state index contributed by atoms with van der Waals surface area (Å²) in [6, 6.07) is 28.3. The lowest BCUT2D eigenvalue weighted by Gasteiger charge is -2.28. The van der Waals surface area contributed by atoms with Crippen molar-refractivity contribution in [1.82, 2.24) is 0 Å². The zero-order valence-electron chi connectivity index (χ0n) is 12.9. The molecule has 0 atom stereocenters. The van der Waals surface area contributed by atoms with Crippen molar-refractivity contribution in [1.29, 1.82) is 0 Å². The van der Waals surface area contributed by atoms with Gasteiger partial charge in [-0.15, -0.1) is 0 Å². The van der Waals surface area contributed by atoms with Gasteiger partial charge in [0.1, 0.15) is 0 Å². The summed E-state index contributed by atoms with van der Waals surface area (Å²) in [5.41, 5.74) is 4.02. The van der Waals surface area contributed by atoms with Gasteiger partial charge in [-0.3, -0.25) is 4.79 Å². The standard InChI is InChI=1S/C22H18O/c23-21(17-9-3-1-4-10-17)22(20-13-5-2-6-14-20)15-18-11-7-8-12-19(18)16-22/h1-14H,15-16H2. The SMILES string of the molecule is O=C(c1ccccc1)C1(c2ccccc2)Cc2ccccc2C1. The molecule has 0 aliphatic heterocycles. The number of benzene rings is 3. The molecule has 0 N–H and O–H groups in total. The average Bonchev–Trinajstić information content (AvgIpc) is 3.03. The van der Waals surface area contributed by atoms with Crippen LogP contribution in [-0.2, 0) is 18.3 Å². The molecule has 0 saturated carbocycles. The van der Waals surface area contributed by atoms with Crippen molar-refractivity contribution in [3.63, 3.8) is 0 Å². The summed E-state index contributed by atoms with van der Waals surface area (Å²) in [6.07, 6.45) is 1.56. The van der Waals surface area contributed by atoms with Gasteiger partial charge in [-0.1, -0.05) is 84.9 Å². The third-order valence-electron chi connectivity index (χ3n) is 4.90. The van der Waals surface area contributed by atoms with Crippen molar-refractivity contribution < 1.29 is 4.79 Å². The summed E-state index contributed by atoms with van der Waals surface area (Å²) in [4.78, 5) is 13.4. The highest BCUT2D eigenvalue weighted by Crippen LogP contribution is 2.42. The highest BCUT2D eigenvalue weighted by molar-refractivity contribution is 6.05. The third kappa shape index (κ3) is 2.29. The summed E-state index contributed by atoms with van der Waals surface area (Å²) in [6.45, 7) is 0. The molecule has 1 heteroatoms. The predicted octanol–water partition coefficient (Wildman–Crippen LogP) is 4.61. The van der Waals surface area contributed by atoms with Gasteiger partial charge >= 0.3 is 0 Å². The zero-order valence-corrected chi connectivity index (χ0v) is 12.9. The van der Waals surface area contributed by atoms with E-state index in [1.165, 1.54) is 11.1 Å². The van der Waals surface area contributed by atoms with Crippen LogP contribution in [0.5, 0.6) is 0 Å². The highest BCUT2D eigenvalue weighted by Gasteiger charge is 2.45. The smallest absolute Gasteiger partial charge is 0.174 e. The van der Waals surface area contributed by atoms with Gasteiger partial charge in [-0.05, 0) is 29.5 Å². The van der Waals surface area contributed by atoms with Gasteiger partial charge in [0, 0.05) is 5.56 Å². The highest BCUT2D eigenvalue weighted by atomic mass is 16.1. The number of hydrogen-bond donors (Lipinski definition) is 0. The summed E-state index contributed by atoms with van der Waals surface area (Å²) in [7, 11) is 0. The Balaban J connectivity index is 1.86. The minimum Gasteiger partial charge on any atom is -0.293 e. The topological polar surface area (TPSA) is 17.1 Å². The van der Waals surface area contributed by atoms with Gasteiger partial charge < -0.3 is 0 Å². The first-order valence-corrected chi connectivity index (χ1v) is 8.02. The van der Waals surface area contributed by atoms with Crippen LogP contribution in [0.15, 0.2) is 84.9 Å². The van der Waals surface area contributed by atoms with Crippen molar-refractivity contribution in [2.75, 3.05) is 0 Å². The second-order valence-electron chi connectivity index (χ2n) is 6.27. The van der Waals surface area contributed by atoms with E-state index in [2.05, 4.69) is 36.4 Å². The number of carbonyl (C=O) groups excluding carboxylic acids is 1. The van der Waals surface area contributed by atoms with Crippen LogP contribution in [0.25, 0.3) is 0 Å². The van der Waals surface area contributed by atoms with Crippen molar-refractivity contribution in [3.05, 3.63) is 107 Å². The molecule has 1 nitrogen and oxygen atoms in total. The molecule has 3 aromatic rings. The molecule has 0 heterocycles. The minimum atomic E-state index is -0.480. The Morgan fingerprint density at radius 2 is 1.13 bits per heavy atom. The van der Waals surface area contributed by atoms with E-state index in [0.717, 1.165) is 24.0 Å². The molecule has 1 aliphatic rings. The first kappa shape index (κ1) is 14.0. The van der Waals surface area contributed by atoms with E-state index in [0.29, 0.717) is 0 Å². The summed E-state index contributed by atoms with van der Waals surface area (Å²) < 4.78 is 0. The van der Waals surface area contributed by atoms with E-state index >= 15 is 0 Å². The molecule has 0 radical (unpaired) electrons. The quantitative estimate of drug-likeness (QED) is 0.646. The Morgan fingerprint density at radius 3 is 1.70 bits per heavy atom. The van der Waals surface area contributed by atoms with Gasteiger partial charge in [0.15, 0.2) is 5.78 Å². The monoisotopic (exact) mass is 298 g/mol. The lowest BCUT2D eigenvalue weighted by molar-refractivity contribution is 0.0888. The predicted molar refractivity (Wildman–Crippen MR) is 92.7 cm³/mol. The largest absolute Gasteiger partial charge is 0.293 e. The van der Waals surface area contributed by atoms with Crippen LogP contribution < -0.4 is 0 Å². The van der Waals surface area contributed by atoms with Crippen molar-refractivity contribution in [3.8, 4) is 0 Å². The second kappa shape index (κ2) is 5.51. The molecule has 0 spiro atoms. The molecule has 0 aromatic heterocycles. The molecular formula is C22H18O. The van der Waals surface area contributed by atoms with Crippen LogP contribution >= 0.6 is 0 Å². The average molecular weight is 298 g/mol. The Morgan fingerprint density at radius 1 is 0.652 bits per heavy atom. The van der Waals surface area contributed by atoms with Crippen LogP contribution in [-0.4, -0.2) is 5.78 Å². The number of Topliss-reactive ketones (excluding diaryl/α,β-unsaturated/α-hetero) is 1. The minimum absolute atomic E-state index is 0.223. The lowest BCUT2D eigenvalue weighted by Crippen LogP contribution is -2.37. The fourth-order valence-corrected chi connectivity index (χ4v) is 3.73. The number of fused-ring (bicyclic) bond motifs is 1. The van der Waals surface area contributed by atoms with Gasteiger partial charge in [0.05, 0.1) is 5.41 Å². The molecule has 3 aromatic carbocycles. The number of ketones is 1. The first-order valence-electron chi connectivity index (χ1n) is 8.02. The fraction of sp³-hybridized carbons (Fsp3) is 0.136. The fourth-order valence-electron chi connectivity index (χ4n) is 3.73. The van der Waals surface area contributed by atoms with Gasteiger partial charge in [-0.25, -0.2) is 0 Å². The van der Waals surface area contributed by atoms with Crippen molar-refractivity contribution in [2.24, 2.45) is 0 Å². The van der Waals surface area contributed by atoms with Crippen LogP contribution in [0.2, 0.25) is 0 Å². The number of rotatable bonds is 3. The van der Waals surface area contributed by atoms with Crippen LogP contribution in [0.4, 0.5) is 0 Å². The molecule has 4 rings (SSSR count). The molecule has 0 saturated heterocycles. The number of carbonyl (C=O) groups is 1. The molecule has 23 heavy (non-hydrogen) atoms. The maximum atomic E-state index is 13.4. The van der Waals surface area contributed by atoms with Gasteiger partial charge in [0.2, 0.25) is 0 Å². The third-order valence-corrected chi connectivity index (χ3v) is 4.90. The lowest BCUT2D eigenvalue weighted by atomic mass is 9.72. The molecule has 1 aliphatic carbocycles. The van der Waals surface area contributed by atoms with E-state index in [1.807, 2.05) is 48.5 Å². The molecule has 112 valence electrons. The van der Waals surface area contributed by atoms with Crippen LogP contribution in [0, 0.1) is 0 Å². The molecule has 0 bridgehead atoms. The Labute approximate surface area is 136 Å². The summed E-state index contributed by atoms with van der Waals surface area (Å²) in [5, 5.41) is 0. The second-order valence-corrected chi connectivity index (χ2v) is 6.27. The Hall–Kier alpha value is -2.67. The van der Waals surface area contributed by atoms with E-state index in [9.17, 15) is 4.79 Å². The van der Waals surface area contributed by atoms with E-state index < -0.39 is 5.41 Å². The van der Waals surface area contributed by atoms with Gasteiger partial charge in [0.25, 0.3) is 0 Å². The first-order chi connectivity index (χ1) is 11.3. The summed E-state index contributed by atoms with van der Waals surface area (Å²) >= 11 is 0. The molecule has 0 amide bonds. The van der Waals surface area contributed by atoms with E-state index in [1.54, 1.807) is 0 Å². The van der Waals surface area contributed by atoms with E-state index in [4.69, 9.17) is 0 Å². The van der Waals surface area contributed by atoms with Crippen molar-refractivity contribution >= 4 is 5.78 Å². The molecular weight excluding hydrogens is 280 g/mol. The molecule has 0 unspecified atom stereocenters. The Kier molecular flexibility index (Phi) is 3.34. The Bertz CT molecular complexity index is 809. The van der Waals surface area contributed by atoms with Crippen LogP contribution in [0.3, 0.4) is 0 Å². The number of hydrogen-bond acceptors (Lipinski definition) is 1. The van der Waals surface area contributed by atoms with Crippen LogP contribution in [0.1, 0.15) is 27.0 Å². The molecule has 0 fully saturated rings. The maximum Gasteiger partial charge on any atom is 0.174 e. The van der Waals surface area contributed by atoms with Gasteiger partial charge in [-0.2, -0.15) is 0 Å². The van der Waals surface area contributed by atoms with Crippen molar-refractivity contribution in [2.45, 2.75) is 18.3 Å². The normalized spacial score (nSPS) is 15.1. The summed E-state index contributed by atoms with van der Waals surface area (Å²) in [5.74, 6) is 0.223. The zero-order chi connectivity index (χ0) is 15.7.